The van der Waals surface area contributed by atoms with Crippen molar-refractivity contribution in [2.24, 2.45) is 0 Å². The molecule has 0 spiro atoms. The predicted octanol–water partition coefficient (Wildman–Crippen LogP) is 2.60. The number of benzene rings is 1. The summed E-state index contributed by atoms with van der Waals surface area (Å²) in [6, 6.07) is 10.9. The van der Waals surface area contributed by atoms with Crippen molar-refractivity contribution in [1.82, 2.24) is 14.7 Å². The van der Waals surface area contributed by atoms with E-state index in [9.17, 15) is 4.79 Å². The Morgan fingerprint density at radius 3 is 2.88 bits per heavy atom. The third-order valence-electron chi connectivity index (χ3n) is 4.51. The predicted molar refractivity (Wildman–Crippen MR) is 92.8 cm³/mol. The van der Waals surface area contributed by atoms with Gasteiger partial charge in [0.15, 0.2) is 6.10 Å². The van der Waals surface area contributed by atoms with Gasteiger partial charge < -0.3 is 9.64 Å². The van der Waals surface area contributed by atoms with Crippen LogP contribution in [0.3, 0.4) is 0 Å². The Kier molecular flexibility index (Phi) is 5.34. The molecule has 2 heterocycles. The van der Waals surface area contributed by atoms with Gasteiger partial charge in [-0.15, -0.1) is 0 Å². The van der Waals surface area contributed by atoms with Gasteiger partial charge in [-0.3, -0.25) is 9.48 Å². The lowest BCUT2D eigenvalue weighted by atomic mass is 10.0. The van der Waals surface area contributed by atoms with Crippen LogP contribution < -0.4 is 4.74 Å². The van der Waals surface area contributed by atoms with E-state index in [0.717, 1.165) is 25.8 Å². The standard InChI is InChI=1S/C19H22N4O2/c1-15(25-18-8-6-16(13-20)7-9-18)19(24)23-12-3-2-5-17(23)14-22-11-4-10-21-22/h4,6-11,15,17H,2-3,5,12,14H2,1H3/t15-,17-/m1/s1. The summed E-state index contributed by atoms with van der Waals surface area (Å²) in [7, 11) is 0. The molecule has 0 N–H and O–H groups in total. The van der Waals surface area contributed by atoms with E-state index in [1.54, 1.807) is 37.4 Å². The molecule has 0 aliphatic carbocycles. The minimum Gasteiger partial charge on any atom is -0.481 e. The van der Waals surface area contributed by atoms with E-state index < -0.39 is 6.10 Å². The molecule has 3 rings (SSSR count). The smallest absolute Gasteiger partial charge is 0.263 e. The lowest BCUT2D eigenvalue weighted by Gasteiger charge is -2.37. The maximum absolute atomic E-state index is 12.9. The van der Waals surface area contributed by atoms with E-state index >= 15 is 0 Å². The van der Waals surface area contributed by atoms with Crippen LogP contribution in [-0.2, 0) is 11.3 Å². The number of piperidine rings is 1. The number of amides is 1. The van der Waals surface area contributed by atoms with Gasteiger partial charge in [-0.25, -0.2) is 0 Å². The molecule has 0 saturated carbocycles. The Hall–Kier alpha value is -2.81. The monoisotopic (exact) mass is 338 g/mol. The molecule has 0 bridgehead atoms. The van der Waals surface area contributed by atoms with Crippen molar-refractivity contribution in [3.63, 3.8) is 0 Å². The van der Waals surface area contributed by atoms with Gasteiger partial charge in [-0.05, 0) is 56.5 Å². The van der Waals surface area contributed by atoms with Crippen molar-refractivity contribution in [2.75, 3.05) is 6.54 Å². The summed E-state index contributed by atoms with van der Waals surface area (Å²) >= 11 is 0. The Labute approximate surface area is 147 Å². The van der Waals surface area contributed by atoms with E-state index in [1.807, 2.05) is 21.8 Å². The summed E-state index contributed by atoms with van der Waals surface area (Å²) in [6.45, 7) is 3.24. The van der Waals surface area contributed by atoms with Gasteiger partial charge >= 0.3 is 0 Å². The molecule has 2 atom stereocenters. The number of hydrogen-bond acceptors (Lipinski definition) is 4. The highest BCUT2D eigenvalue weighted by Crippen LogP contribution is 2.21. The number of rotatable bonds is 5. The number of carbonyl (C=O) groups excluding carboxylic acids is 1. The van der Waals surface area contributed by atoms with Crippen LogP contribution in [0, 0.1) is 11.3 Å². The number of aromatic nitrogens is 2. The molecule has 130 valence electrons. The number of nitriles is 1. The SMILES string of the molecule is C[C@@H](Oc1ccc(C#N)cc1)C(=O)N1CCCC[C@@H]1Cn1cccn1. The molecule has 1 saturated heterocycles. The van der Waals surface area contributed by atoms with Gasteiger partial charge in [0.25, 0.3) is 5.91 Å². The van der Waals surface area contributed by atoms with Crippen molar-refractivity contribution in [3.8, 4) is 11.8 Å². The van der Waals surface area contributed by atoms with Crippen LogP contribution in [-0.4, -0.2) is 39.3 Å². The van der Waals surface area contributed by atoms with Crippen molar-refractivity contribution in [3.05, 3.63) is 48.3 Å². The third kappa shape index (κ3) is 4.18. The first kappa shape index (κ1) is 17.0. The largest absolute Gasteiger partial charge is 0.481 e. The van der Waals surface area contributed by atoms with E-state index in [4.69, 9.17) is 10.00 Å². The van der Waals surface area contributed by atoms with Gasteiger partial charge in [0, 0.05) is 18.9 Å². The minimum absolute atomic E-state index is 0.00113. The summed E-state index contributed by atoms with van der Waals surface area (Å²) in [5.74, 6) is 0.599. The molecule has 1 aromatic carbocycles. The van der Waals surface area contributed by atoms with Gasteiger partial charge in [0.1, 0.15) is 5.75 Å². The third-order valence-corrected chi connectivity index (χ3v) is 4.51. The van der Waals surface area contributed by atoms with E-state index in [-0.39, 0.29) is 11.9 Å². The topological polar surface area (TPSA) is 71.2 Å². The molecule has 1 aromatic heterocycles. The van der Waals surface area contributed by atoms with Crippen molar-refractivity contribution < 1.29 is 9.53 Å². The fourth-order valence-electron chi connectivity index (χ4n) is 3.20. The average molecular weight is 338 g/mol. The Morgan fingerprint density at radius 2 is 2.20 bits per heavy atom. The van der Waals surface area contributed by atoms with Crippen molar-refractivity contribution in [1.29, 1.82) is 5.26 Å². The highest BCUT2D eigenvalue weighted by atomic mass is 16.5. The van der Waals surface area contributed by atoms with Crippen LogP contribution in [0.15, 0.2) is 42.7 Å². The molecular weight excluding hydrogens is 316 g/mol. The van der Waals surface area contributed by atoms with E-state index in [0.29, 0.717) is 17.9 Å². The maximum atomic E-state index is 12.9. The molecule has 1 aliphatic heterocycles. The van der Waals surface area contributed by atoms with Gasteiger partial charge in [-0.1, -0.05) is 0 Å². The van der Waals surface area contributed by atoms with Crippen LogP contribution in [0.5, 0.6) is 5.75 Å². The summed E-state index contributed by atoms with van der Waals surface area (Å²) in [6.07, 6.45) is 6.24. The fourth-order valence-corrected chi connectivity index (χ4v) is 3.20. The first-order valence-corrected chi connectivity index (χ1v) is 8.62. The second-order valence-corrected chi connectivity index (χ2v) is 6.31. The van der Waals surface area contributed by atoms with Gasteiger partial charge in [0.05, 0.1) is 24.2 Å². The molecule has 1 fully saturated rings. The van der Waals surface area contributed by atoms with E-state index in [2.05, 4.69) is 11.2 Å². The highest BCUT2D eigenvalue weighted by Gasteiger charge is 2.30. The zero-order chi connectivity index (χ0) is 17.6. The number of nitrogens with zero attached hydrogens (tertiary/aromatic N) is 4. The number of ether oxygens (including phenoxy) is 1. The zero-order valence-electron chi connectivity index (χ0n) is 14.3. The van der Waals surface area contributed by atoms with Crippen LogP contribution in [0.4, 0.5) is 0 Å². The number of likely N-dealkylation sites (tertiary alicyclic amines) is 1. The molecule has 6 heteroatoms. The zero-order valence-corrected chi connectivity index (χ0v) is 14.3. The molecule has 1 amide bonds. The second kappa shape index (κ2) is 7.84. The Morgan fingerprint density at radius 1 is 1.40 bits per heavy atom. The maximum Gasteiger partial charge on any atom is 0.263 e. The molecule has 2 aromatic rings. The molecule has 1 aliphatic rings. The summed E-state index contributed by atoms with van der Waals surface area (Å²) < 4.78 is 7.67. The first-order chi connectivity index (χ1) is 12.2. The fraction of sp³-hybridized carbons (Fsp3) is 0.421. The molecule has 0 radical (unpaired) electrons. The molecular formula is C19H22N4O2. The highest BCUT2D eigenvalue weighted by molar-refractivity contribution is 5.81. The second-order valence-electron chi connectivity index (χ2n) is 6.31. The minimum atomic E-state index is -0.564. The van der Waals surface area contributed by atoms with Crippen LogP contribution in [0.2, 0.25) is 0 Å². The van der Waals surface area contributed by atoms with Gasteiger partial charge in [-0.2, -0.15) is 10.4 Å². The molecule has 25 heavy (non-hydrogen) atoms. The van der Waals surface area contributed by atoms with E-state index in [1.165, 1.54) is 0 Å². The first-order valence-electron chi connectivity index (χ1n) is 8.62. The van der Waals surface area contributed by atoms with Crippen LogP contribution in [0.25, 0.3) is 0 Å². The number of hydrogen-bond donors (Lipinski definition) is 0. The van der Waals surface area contributed by atoms with Crippen molar-refractivity contribution >= 4 is 5.91 Å². The van der Waals surface area contributed by atoms with Crippen molar-refractivity contribution in [2.45, 2.75) is 44.9 Å². The summed E-state index contributed by atoms with van der Waals surface area (Å²) in [5, 5.41) is 13.1. The Bertz CT molecular complexity index is 734. The number of carbonyl (C=O) groups is 1. The van der Waals surface area contributed by atoms with Gasteiger partial charge in [0.2, 0.25) is 0 Å². The molecule has 0 unspecified atom stereocenters. The van der Waals surface area contributed by atoms with Crippen LogP contribution in [0.1, 0.15) is 31.7 Å². The summed E-state index contributed by atoms with van der Waals surface area (Å²) in [5.41, 5.74) is 0.571. The quantitative estimate of drug-likeness (QED) is 0.840. The lowest BCUT2D eigenvalue weighted by molar-refractivity contribution is -0.142. The normalized spacial score (nSPS) is 18.4. The lowest BCUT2D eigenvalue weighted by Crippen LogP contribution is -2.50. The summed E-state index contributed by atoms with van der Waals surface area (Å²) in [4.78, 5) is 14.8. The van der Waals surface area contributed by atoms with Crippen LogP contribution >= 0.6 is 0 Å². The Balaban J connectivity index is 1.65. The molecule has 6 nitrogen and oxygen atoms in total. The average Bonchev–Trinajstić information content (AvgIpc) is 3.15.